The van der Waals surface area contributed by atoms with Crippen molar-refractivity contribution in [3.05, 3.63) is 17.8 Å². The number of fused-ring (bicyclic) bond motifs is 1. The van der Waals surface area contributed by atoms with Gasteiger partial charge in [0.2, 0.25) is 5.91 Å². The van der Waals surface area contributed by atoms with Gasteiger partial charge < -0.3 is 4.42 Å². The van der Waals surface area contributed by atoms with Crippen LogP contribution >= 0.6 is 0 Å². The molecule has 2 amide bonds. The number of hydrogen-bond donors (Lipinski definition) is 2. The number of amides is 2. The average Bonchev–Trinajstić information content (AvgIpc) is 2.77. The van der Waals surface area contributed by atoms with Crippen molar-refractivity contribution in [1.29, 1.82) is 0 Å². The predicted molar refractivity (Wildman–Crippen MR) is 61.2 cm³/mol. The summed E-state index contributed by atoms with van der Waals surface area (Å²) < 4.78 is 4.93. The molecule has 18 heavy (non-hydrogen) atoms. The fraction of sp³-hybridized carbons (Fsp3) is 0.583. The summed E-state index contributed by atoms with van der Waals surface area (Å²) in [6, 6.07) is 0. The van der Waals surface area contributed by atoms with Crippen molar-refractivity contribution >= 4 is 11.8 Å². The van der Waals surface area contributed by atoms with Gasteiger partial charge in [-0.25, -0.2) is 4.98 Å². The Bertz CT molecular complexity index is 487. The van der Waals surface area contributed by atoms with Crippen LogP contribution in [0.4, 0.5) is 0 Å². The van der Waals surface area contributed by atoms with Crippen LogP contribution in [-0.2, 0) is 4.79 Å². The first kappa shape index (κ1) is 11.3. The molecule has 6 nitrogen and oxygen atoms in total. The van der Waals surface area contributed by atoms with Crippen molar-refractivity contribution < 1.29 is 14.0 Å². The van der Waals surface area contributed by atoms with Crippen LogP contribution in [0.1, 0.15) is 35.5 Å². The van der Waals surface area contributed by atoms with Gasteiger partial charge in [0, 0.05) is 5.92 Å². The molecule has 1 aromatic rings. The molecule has 1 aromatic heterocycles. The van der Waals surface area contributed by atoms with Gasteiger partial charge >= 0.3 is 0 Å². The highest BCUT2D eigenvalue weighted by Crippen LogP contribution is 2.54. The normalized spacial score (nSPS) is 28.6. The molecule has 0 spiro atoms. The molecule has 6 heteroatoms. The van der Waals surface area contributed by atoms with Crippen LogP contribution < -0.4 is 10.9 Å². The van der Waals surface area contributed by atoms with E-state index in [0.29, 0.717) is 5.76 Å². The van der Waals surface area contributed by atoms with E-state index in [9.17, 15) is 9.59 Å². The van der Waals surface area contributed by atoms with Gasteiger partial charge in [-0.05, 0) is 38.0 Å². The monoisotopic (exact) mass is 249 g/mol. The first-order valence-corrected chi connectivity index (χ1v) is 6.15. The van der Waals surface area contributed by atoms with E-state index < -0.39 is 5.91 Å². The average molecular weight is 249 g/mol. The van der Waals surface area contributed by atoms with Crippen molar-refractivity contribution in [3.8, 4) is 0 Å². The third kappa shape index (κ3) is 1.98. The van der Waals surface area contributed by atoms with Crippen LogP contribution in [-0.4, -0.2) is 16.8 Å². The highest BCUT2D eigenvalue weighted by molar-refractivity contribution is 5.94. The first-order valence-electron chi connectivity index (χ1n) is 6.15. The lowest BCUT2D eigenvalue weighted by atomic mass is 10.0. The molecule has 2 saturated carbocycles. The molecule has 1 unspecified atom stereocenters. The molecule has 3 atom stereocenters. The van der Waals surface area contributed by atoms with Gasteiger partial charge in [-0.15, -0.1) is 0 Å². The van der Waals surface area contributed by atoms with Crippen LogP contribution in [0.15, 0.2) is 10.8 Å². The van der Waals surface area contributed by atoms with Gasteiger partial charge in [0.1, 0.15) is 5.76 Å². The Hall–Kier alpha value is -1.85. The Morgan fingerprint density at radius 2 is 2.00 bits per heavy atom. The standard InChI is InChI=1S/C12H15N3O3/c1-6-10(13-5-18-6)12(17)15-14-11(16)9-3-7-2-8(7)4-9/h5,7-9H,2-4H2,1H3,(H,14,16)(H,15,17)/t7-,8+,9?. The summed E-state index contributed by atoms with van der Waals surface area (Å²) in [5.41, 5.74) is 5.03. The Kier molecular flexibility index (Phi) is 2.57. The summed E-state index contributed by atoms with van der Waals surface area (Å²) in [7, 11) is 0. The Morgan fingerprint density at radius 3 is 2.61 bits per heavy atom. The lowest BCUT2D eigenvalue weighted by Gasteiger charge is -2.12. The molecule has 0 saturated heterocycles. The van der Waals surface area contributed by atoms with Crippen LogP contribution in [0.3, 0.4) is 0 Å². The minimum atomic E-state index is -0.447. The second kappa shape index (κ2) is 4.12. The van der Waals surface area contributed by atoms with Gasteiger partial charge in [-0.2, -0.15) is 0 Å². The van der Waals surface area contributed by atoms with E-state index in [0.717, 1.165) is 24.7 Å². The van der Waals surface area contributed by atoms with Crippen molar-refractivity contribution in [2.24, 2.45) is 17.8 Å². The van der Waals surface area contributed by atoms with Crippen molar-refractivity contribution in [3.63, 3.8) is 0 Å². The number of rotatable bonds is 2. The molecule has 2 fully saturated rings. The summed E-state index contributed by atoms with van der Waals surface area (Å²) >= 11 is 0. The molecule has 1 heterocycles. The third-order valence-corrected chi connectivity index (χ3v) is 3.87. The SMILES string of the molecule is Cc1ocnc1C(=O)NNC(=O)C1C[C@@H]2C[C@@H]2C1. The van der Waals surface area contributed by atoms with Crippen molar-refractivity contribution in [2.75, 3.05) is 0 Å². The number of nitrogens with one attached hydrogen (secondary N) is 2. The highest BCUT2D eigenvalue weighted by Gasteiger charge is 2.48. The zero-order valence-corrected chi connectivity index (χ0v) is 10.1. The van der Waals surface area contributed by atoms with Gasteiger partial charge in [0.05, 0.1) is 0 Å². The predicted octanol–water partition coefficient (Wildman–Crippen LogP) is 0.790. The number of aromatic nitrogens is 1. The Morgan fingerprint density at radius 1 is 1.28 bits per heavy atom. The maximum atomic E-state index is 11.8. The van der Waals surface area contributed by atoms with Crippen molar-refractivity contribution in [2.45, 2.75) is 26.2 Å². The zero-order chi connectivity index (χ0) is 12.7. The van der Waals surface area contributed by atoms with E-state index in [1.807, 2.05) is 0 Å². The quantitative estimate of drug-likeness (QED) is 0.759. The molecular weight excluding hydrogens is 234 g/mol. The first-order chi connectivity index (χ1) is 8.65. The van der Waals surface area contributed by atoms with E-state index >= 15 is 0 Å². The molecule has 2 N–H and O–H groups in total. The molecule has 2 aliphatic rings. The highest BCUT2D eigenvalue weighted by atomic mass is 16.3. The van der Waals surface area contributed by atoms with Crippen LogP contribution in [0.25, 0.3) is 0 Å². The maximum Gasteiger partial charge on any atom is 0.291 e. The molecule has 0 aliphatic heterocycles. The van der Waals surface area contributed by atoms with Gasteiger partial charge in [-0.3, -0.25) is 20.4 Å². The molecule has 0 radical (unpaired) electrons. The molecular formula is C12H15N3O3. The van der Waals surface area contributed by atoms with E-state index in [1.54, 1.807) is 6.92 Å². The number of carbonyl (C=O) groups is 2. The number of aryl methyl sites for hydroxylation is 1. The minimum Gasteiger partial charge on any atom is -0.448 e. The van der Waals surface area contributed by atoms with Gasteiger partial charge in [0.15, 0.2) is 12.1 Å². The Labute approximate surface area is 104 Å². The van der Waals surface area contributed by atoms with Crippen LogP contribution in [0, 0.1) is 24.7 Å². The molecule has 0 aromatic carbocycles. The maximum absolute atomic E-state index is 11.8. The van der Waals surface area contributed by atoms with E-state index in [1.165, 1.54) is 12.8 Å². The zero-order valence-electron chi connectivity index (χ0n) is 10.1. The number of nitrogens with zero attached hydrogens (tertiary/aromatic N) is 1. The smallest absolute Gasteiger partial charge is 0.291 e. The summed E-state index contributed by atoms with van der Waals surface area (Å²) in [6.45, 7) is 1.65. The van der Waals surface area contributed by atoms with E-state index in [4.69, 9.17) is 4.42 Å². The van der Waals surface area contributed by atoms with Crippen molar-refractivity contribution in [1.82, 2.24) is 15.8 Å². The molecule has 2 aliphatic carbocycles. The summed E-state index contributed by atoms with van der Waals surface area (Å²) in [5.74, 6) is 1.43. The topological polar surface area (TPSA) is 84.2 Å². The summed E-state index contributed by atoms with van der Waals surface area (Å²) in [6.07, 6.45) is 4.38. The fourth-order valence-corrected chi connectivity index (χ4v) is 2.73. The van der Waals surface area contributed by atoms with Gasteiger partial charge in [0.25, 0.3) is 5.91 Å². The van der Waals surface area contributed by atoms with Gasteiger partial charge in [-0.1, -0.05) is 0 Å². The summed E-state index contributed by atoms with van der Waals surface area (Å²) in [5, 5.41) is 0. The van der Waals surface area contributed by atoms with E-state index in [-0.39, 0.29) is 17.5 Å². The number of hydrogen-bond acceptors (Lipinski definition) is 4. The fourth-order valence-electron chi connectivity index (χ4n) is 2.73. The molecule has 96 valence electrons. The Balaban J connectivity index is 1.50. The number of hydrazine groups is 1. The van der Waals surface area contributed by atoms with E-state index in [2.05, 4.69) is 15.8 Å². The van der Waals surface area contributed by atoms with Crippen LogP contribution in [0.2, 0.25) is 0 Å². The lowest BCUT2D eigenvalue weighted by Crippen LogP contribution is -2.44. The van der Waals surface area contributed by atoms with Crippen LogP contribution in [0.5, 0.6) is 0 Å². The summed E-state index contributed by atoms with van der Waals surface area (Å²) in [4.78, 5) is 27.3. The second-order valence-corrected chi connectivity index (χ2v) is 5.12. The molecule has 3 rings (SSSR count). The third-order valence-electron chi connectivity index (χ3n) is 3.87. The second-order valence-electron chi connectivity index (χ2n) is 5.12. The number of carbonyl (C=O) groups excluding carboxylic acids is 2. The largest absolute Gasteiger partial charge is 0.448 e. The number of oxazole rings is 1. The molecule has 0 bridgehead atoms. The minimum absolute atomic E-state index is 0.0486. The lowest BCUT2D eigenvalue weighted by molar-refractivity contribution is -0.125.